The van der Waals surface area contributed by atoms with Gasteiger partial charge in [0.2, 0.25) is 0 Å². The molecular weight excluding hydrogens is 410 g/mol. The monoisotopic (exact) mass is 433 g/mol. The molecule has 6 nitrogen and oxygen atoms in total. The minimum atomic E-state index is 0.0365. The topological polar surface area (TPSA) is 71.0 Å². The van der Waals surface area contributed by atoms with Crippen LogP contribution in [0.1, 0.15) is 36.0 Å². The number of rotatable bonds is 5. The maximum absolute atomic E-state index is 13.7. The van der Waals surface area contributed by atoms with E-state index in [4.69, 9.17) is 11.6 Å². The van der Waals surface area contributed by atoms with Crippen LogP contribution < -0.4 is 5.32 Å². The molecule has 1 spiro atoms. The van der Waals surface area contributed by atoms with Crippen molar-refractivity contribution in [2.45, 2.75) is 31.7 Å². The Hall–Kier alpha value is -2.99. The maximum atomic E-state index is 13.7. The van der Waals surface area contributed by atoms with Gasteiger partial charge in [0, 0.05) is 43.3 Å². The van der Waals surface area contributed by atoms with Gasteiger partial charge in [-0.25, -0.2) is 15.0 Å². The number of likely N-dealkylation sites (tertiary alicyclic amines) is 1. The molecule has 1 aromatic carbocycles. The number of carbonyl (C=O) groups excluding carboxylic acids is 1. The van der Waals surface area contributed by atoms with Gasteiger partial charge in [-0.1, -0.05) is 29.8 Å². The number of pyridine rings is 1. The third-order valence-electron chi connectivity index (χ3n) is 6.42. The van der Waals surface area contributed by atoms with Gasteiger partial charge in [0.05, 0.1) is 10.6 Å². The summed E-state index contributed by atoms with van der Waals surface area (Å²) >= 11 is 5.95. The molecule has 2 aromatic heterocycles. The van der Waals surface area contributed by atoms with Crippen LogP contribution in [0.25, 0.3) is 11.4 Å². The van der Waals surface area contributed by atoms with Crippen molar-refractivity contribution in [3.05, 3.63) is 71.6 Å². The minimum absolute atomic E-state index is 0.0365. The third-order valence-corrected chi connectivity index (χ3v) is 6.64. The molecule has 1 atom stereocenters. The van der Waals surface area contributed by atoms with Crippen molar-refractivity contribution in [1.29, 1.82) is 0 Å². The lowest BCUT2D eigenvalue weighted by Crippen LogP contribution is -2.50. The molecule has 7 heteroatoms. The molecule has 2 aliphatic rings. The fourth-order valence-corrected chi connectivity index (χ4v) is 4.60. The van der Waals surface area contributed by atoms with Gasteiger partial charge >= 0.3 is 0 Å². The molecule has 158 valence electrons. The van der Waals surface area contributed by atoms with E-state index in [-0.39, 0.29) is 11.9 Å². The third kappa shape index (κ3) is 4.26. The fraction of sp³-hybridized carbons (Fsp3) is 0.333. The van der Waals surface area contributed by atoms with Gasteiger partial charge in [0.25, 0.3) is 5.91 Å². The Morgan fingerprint density at radius 2 is 1.87 bits per heavy atom. The van der Waals surface area contributed by atoms with Crippen LogP contribution in [0, 0.1) is 5.41 Å². The van der Waals surface area contributed by atoms with Crippen molar-refractivity contribution in [3.63, 3.8) is 0 Å². The number of piperidine rings is 1. The number of amides is 1. The van der Waals surface area contributed by atoms with Gasteiger partial charge in [-0.05, 0) is 55.4 Å². The summed E-state index contributed by atoms with van der Waals surface area (Å²) < 4.78 is 0. The Labute approximate surface area is 186 Å². The van der Waals surface area contributed by atoms with Crippen LogP contribution >= 0.6 is 11.6 Å². The summed E-state index contributed by atoms with van der Waals surface area (Å²) in [7, 11) is 0. The first-order chi connectivity index (χ1) is 15.1. The van der Waals surface area contributed by atoms with Crippen LogP contribution in [0.2, 0.25) is 5.02 Å². The lowest BCUT2D eigenvalue weighted by atomic mass is 9.87. The second kappa shape index (κ2) is 8.27. The SMILES string of the molecule is O=C(c1ccccc1-c1ncccn1)N1CCC2(CC2)CC1CNc1ccc(Cl)cn1. The lowest BCUT2D eigenvalue weighted by molar-refractivity contribution is 0.0546. The van der Waals surface area contributed by atoms with Crippen molar-refractivity contribution >= 4 is 23.3 Å². The van der Waals surface area contributed by atoms with Gasteiger partial charge in [-0.15, -0.1) is 0 Å². The lowest BCUT2D eigenvalue weighted by Gasteiger charge is -2.40. The number of hydrogen-bond donors (Lipinski definition) is 1. The summed E-state index contributed by atoms with van der Waals surface area (Å²) in [6, 6.07) is 13.2. The Kier molecular flexibility index (Phi) is 5.32. The van der Waals surface area contributed by atoms with Gasteiger partial charge in [-0.3, -0.25) is 4.79 Å². The number of halogens is 1. The summed E-state index contributed by atoms with van der Waals surface area (Å²) in [5.41, 5.74) is 1.83. The number of nitrogens with one attached hydrogen (secondary N) is 1. The predicted molar refractivity (Wildman–Crippen MR) is 121 cm³/mol. The number of carbonyl (C=O) groups is 1. The van der Waals surface area contributed by atoms with Crippen molar-refractivity contribution in [2.75, 3.05) is 18.4 Å². The first kappa shape index (κ1) is 19.9. The van der Waals surface area contributed by atoms with Crippen molar-refractivity contribution < 1.29 is 4.79 Å². The van der Waals surface area contributed by atoms with E-state index in [1.54, 1.807) is 24.7 Å². The Morgan fingerprint density at radius 3 is 2.61 bits per heavy atom. The highest BCUT2D eigenvalue weighted by Gasteiger charge is 2.49. The second-order valence-corrected chi connectivity index (χ2v) is 8.90. The van der Waals surface area contributed by atoms with E-state index in [0.717, 1.165) is 30.8 Å². The molecule has 0 radical (unpaired) electrons. The zero-order chi connectivity index (χ0) is 21.3. The van der Waals surface area contributed by atoms with Gasteiger partial charge in [0.1, 0.15) is 5.82 Å². The molecule has 31 heavy (non-hydrogen) atoms. The number of benzene rings is 1. The highest BCUT2D eigenvalue weighted by Crippen LogP contribution is 2.55. The first-order valence-corrected chi connectivity index (χ1v) is 11.0. The summed E-state index contributed by atoms with van der Waals surface area (Å²) in [6.45, 7) is 1.43. The average Bonchev–Trinajstić information content (AvgIpc) is 3.57. The van der Waals surface area contributed by atoms with Gasteiger partial charge < -0.3 is 10.2 Å². The maximum Gasteiger partial charge on any atom is 0.254 e. The minimum Gasteiger partial charge on any atom is -0.368 e. The predicted octanol–water partition coefficient (Wildman–Crippen LogP) is 4.69. The van der Waals surface area contributed by atoms with E-state index in [9.17, 15) is 4.79 Å². The van der Waals surface area contributed by atoms with Crippen LogP contribution in [0.5, 0.6) is 0 Å². The highest BCUT2D eigenvalue weighted by molar-refractivity contribution is 6.30. The second-order valence-electron chi connectivity index (χ2n) is 8.47. The van der Waals surface area contributed by atoms with E-state index in [0.29, 0.717) is 28.4 Å². The number of aromatic nitrogens is 3. The summed E-state index contributed by atoms with van der Waals surface area (Å²) in [5.74, 6) is 1.38. The van der Waals surface area contributed by atoms with Crippen LogP contribution in [0.15, 0.2) is 61.1 Å². The summed E-state index contributed by atoms with van der Waals surface area (Å²) in [5, 5.41) is 4.01. The van der Waals surface area contributed by atoms with Crippen LogP contribution in [0.4, 0.5) is 5.82 Å². The highest BCUT2D eigenvalue weighted by atomic mass is 35.5. The van der Waals surface area contributed by atoms with Gasteiger partial charge in [0.15, 0.2) is 5.82 Å². The molecule has 3 heterocycles. The van der Waals surface area contributed by atoms with E-state index in [2.05, 4.69) is 20.3 Å². The molecule has 0 bridgehead atoms. The van der Waals surface area contributed by atoms with Crippen LogP contribution in [-0.2, 0) is 0 Å². The molecule has 1 saturated carbocycles. The number of nitrogens with zero attached hydrogens (tertiary/aromatic N) is 4. The van der Waals surface area contributed by atoms with Crippen molar-refractivity contribution in [2.24, 2.45) is 5.41 Å². The fourth-order valence-electron chi connectivity index (χ4n) is 4.49. The molecule has 1 aliphatic carbocycles. The van der Waals surface area contributed by atoms with Crippen LogP contribution in [-0.4, -0.2) is 44.9 Å². The van der Waals surface area contributed by atoms with Crippen molar-refractivity contribution in [3.8, 4) is 11.4 Å². The Balaban J connectivity index is 1.39. The largest absolute Gasteiger partial charge is 0.368 e. The number of anilines is 1. The summed E-state index contributed by atoms with van der Waals surface area (Å²) in [6.07, 6.45) is 9.65. The van der Waals surface area contributed by atoms with E-state index >= 15 is 0 Å². The molecule has 1 amide bonds. The smallest absolute Gasteiger partial charge is 0.254 e. The normalized spacial score (nSPS) is 19.3. The average molecular weight is 434 g/mol. The zero-order valence-electron chi connectivity index (χ0n) is 17.2. The summed E-state index contributed by atoms with van der Waals surface area (Å²) in [4.78, 5) is 28.8. The molecule has 2 fully saturated rings. The molecule has 3 aromatic rings. The standard InChI is InChI=1S/C24H24ClN5O/c25-17-6-7-21(28-15-17)29-16-18-14-24(8-9-24)10-13-30(18)23(31)20-5-2-1-4-19(20)22-26-11-3-12-27-22/h1-7,11-12,15,18H,8-10,13-14,16H2,(H,28,29). The molecule has 1 saturated heterocycles. The number of hydrogen-bond acceptors (Lipinski definition) is 5. The Bertz CT molecular complexity index is 1070. The molecule has 5 rings (SSSR count). The quantitative estimate of drug-likeness (QED) is 0.632. The van der Waals surface area contributed by atoms with Crippen LogP contribution in [0.3, 0.4) is 0 Å². The molecule has 1 unspecified atom stereocenters. The van der Waals surface area contributed by atoms with E-state index in [1.165, 1.54) is 12.8 Å². The van der Waals surface area contributed by atoms with Gasteiger partial charge in [-0.2, -0.15) is 0 Å². The first-order valence-electron chi connectivity index (χ1n) is 10.7. The molecule has 1 aliphatic heterocycles. The molecular formula is C24H24ClN5O. The zero-order valence-corrected chi connectivity index (χ0v) is 17.9. The Morgan fingerprint density at radius 1 is 1.06 bits per heavy atom. The molecule has 1 N–H and O–H groups in total. The van der Waals surface area contributed by atoms with Crippen molar-refractivity contribution in [1.82, 2.24) is 19.9 Å². The van der Waals surface area contributed by atoms with E-state index in [1.807, 2.05) is 41.3 Å². The van der Waals surface area contributed by atoms with E-state index < -0.39 is 0 Å².